The van der Waals surface area contributed by atoms with Crippen molar-refractivity contribution in [1.29, 1.82) is 0 Å². The van der Waals surface area contributed by atoms with Crippen molar-refractivity contribution in [3.8, 4) is 0 Å². The fourth-order valence-corrected chi connectivity index (χ4v) is 3.54. The van der Waals surface area contributed by atoms with Crippen molar-refractivity contribution in [1.82, 2.24) is 15.3 Å². The van der Waals surface area contributed by atoms with E-state index in [1.165, 1.54) is 13.0 Å². The molecule has 1 aromatic carbocycles. The molecule has 0 radical (unpaired) electrons. The standard InChI is InChI=1S/C17H15F4N3O2S/c1-9-22-12(8-14(25)23-9)15(26)24-16(5-2-6-16)10-3-4-13(11(18)7-10)27-17(19,20)21/h3-4,7-8H,2,5-6H2,1H3,(H,24,26)(H,22,23,25). The van der Waals surface area contributed by atoms with Crippen LogP contribution in [0.15, 0.2) is 34.0 Å². The van der Waals surface area contributed by atoms with E-state index in [9.17, 15) is 27.2 Å². The van der Waals surface area contributed by atoms with Gasteiger partial charge in [-0.3, -0.25) is 9.59 Å². The Kier molecular flexibility index (Phi) is 5.02. The third-order valence-electron chi connectivity index (χ3n) is 4.36. The molecule has 1 amide bonds. The fourth-order valence-electron chi connectivity index (χ4n) is 3.00. The molecule has 1 aliphatic carbocycles. The zero-order chi connectivity index (χ0) is 19.8. The van der Waals surface area contributed by atoms with Crippen LogP contribution in [-0.2, 0) is 5.54 Å². The van der Waals surface area contributed by atoms with Crippen LogP contribution in [0.3, 0.4) is 0 Å². The highest BCUT2D eigenvalue weighted by atomic mass is 32.2. The number of aromatic nitrogens is 2. The van der Waals surface area contributed by atoms with Crippen molar-refractivity contribution in [2.24, 2.45) is 0 Å². The van der Waals surface area contributed by atoms with E-state index in [2.05, 4.69) is 15.3 Å². The lowest BCUT2D eigenvalue weighted by Crippen LogP contribution is -2.51. The van der Waals surface area contributed by atoms with Gasteiger partial charge in [-0.25, -0.2) is 9.37 Å². The molecule has 0 saturated heterocycles. The maximum absolute atomic E-state index is 14.1. The summed E-state index contributed by atoms with van der Waals surface area (Å²) in [4.78, 5) is 29.9. The number of carbonyl (C=O) groups is 1. The largest absolute Gasteiger partial charge is 0.446 e. The molecule has 5 nitrogen and oxygen atoms in total. The molecule has 1 aliphatic rings. The summed E-state index contributed by atoms with van der Waals surface area (Å²) in [7, 11) is 0. The first kappa shape index (κ1) is 19.4. The predicted octanol–water partition coefficient (Wildman–Crippen LogP) is 3.64. The lowest BCUT2D eigenvalue weighted by Gasteiger charge is -2.43. The van der Waals surface area contributed by atoms with E-state index in [0.717, 1.165) is 24.6 Å². The van der Waals surface area contributed by atoms with Gasteiger partial charge in [0.1, 0.15) is 17.3 Å². The minimum atomic E-state index is -4.59. The maximum atomic E-state index is 14.1. The normalized spacial score (nSPS) is 15.9. The molecule has 2 aromatic rings. The van der Waals surface area contributed by atoms with E-state index in [1.807, 2.05) is 0 Å². The Morgan fingerprint density at radius 2 is 2.00 bits per heavy atom. The van der Waals surface area contributed by atoms with Gasteiger partial charge in [-0.1, -0.05) is 6.07 Å². The van der Waals surface area contributed by atoms with E-state index in [1.54, 1.807) is 0 Å². The number of nitrogens with one attached hydrogen (secondary N) is 2. The zero-order valence-electron chi connectivity index (χ0n) is 14.1. The summed E-state index contributed by atoms with van der Waals surface area (Å²) in [5.41, 5.74) is -5.65. The maximum Gasteiger partial charge on any atom is 0.446 e. The minimum Gasteiger partial charge on any atom is -0.341 e. The molecular formula is C17H15F4N3O2S. The molecule has 1 saturated carbocycles. The van der Waals surface area contributed by atoms with Crippen molar-refractivity contribution in [3.63, 3.8) is 0 Å². The van der Waals surface area contributed by atoms with Gasteiger partial charge in [0.15, 0.2) is 0 Å². The highest BCUT2D eigenvalue weighted by Gasteiger charge is 2.41. The summed E-state index contributed by atoms with van der Waals surface area (Å²) in [6.45, 7) is 1.53. The van der Waals surface area contributed by atoms with Crippen LogP contribution in [0.1, 0.15) is 41.1 Å². The van der Waals surface area contributed by atoms with Crippen LogP contribution in [-0.4, -0.2) is 21.4 Å². The van der Waals surface area contributed by atoms with Crippen LogP contribution in [0.5, 0.6) is 0 Å². The first-order valence-electron chi connectivity index (χ1n) is 8.04. The quantitative estimate of drug-likeness (QED) is 0.606. The minimum absolute atomic E-state index is 0.0766. The van der Waals surface area contributed by atoms with E-state index < -0.39 is 45.0 Å². The second kappa shape index (κ2) is 6.99. The summed E-state index contributed by atoms with van der Waals surface area (Å²) in [6.07, 6.45) is 1.78. The number of rotatable bonds is 4. The number of carbonyl (C=O) groups excluding carboxylic acids is 1. The van der Waals surface area contributed by atoms with Gasteiger partial charge >= 0.3 is 5.51 Å². The molecule has 1 aromatic heterocycles. The van der Waals surface area contributed by atoms with Crippen LogP contribution < -0.4 is 10.9 Å². The molecule has 0 spiro atoms. The van der Waals surface area contributed by atoms with Crippen LogP contribution in [0.2, 0.25) is 0 Å². The third-order valence-corrected chi connectivity index (χ3v) is 5.15. The van der Waals surface area contributed by atoms with Crippen molar-refractivity contribution in [2.75, 3.05) is 0 Å². The number of halogens is 4. The molecule has 3 rings (SSSR count). The Hall–Kier alpha value is -2.36. The lowest BCUT2D eigenvalue weighted by atomic mass is 9.71. The van der Waals surface area contributed by atoms with E-state index >= 15 is 0 Å². The number of alkyl halides is 3. The number of thioether (sulfide) groups is 1. The Morgan fingerprint density at radius 3 is 2.52 bits per heavy atom. The summed E-state index contributed by atoms with van der Waals surface area (Å²) in [5, 5.41) is 2.76. The average molecular weight is 401 g/mol. The van der Waals surface area contributed by atoms with Gasteiger partial charge in [-0.15, -0.1) is 0 Å². The van der Waals surface area contributed by atoms with Gasteiger partial charge in [0.25, 0.3) is 11.5 Å². The Bertz CT molecular complexity index is 939. The van der Waals surface area contributed by atoms with Crippen molar-refractivity contribution >= 4 is 17.7 Å². The van der Waals surface area contributed by atoms with Crippen LogP contribution >= 0.6 is 11.8 Å². The van der Waals surface area contributed by atoms with E-state index in [0.29, 0.717) is 18.4 Å². The molecule has 0 unspecified atom stereocenters. The monoisotopic (exact) mass is 401 g/mol. The fraction of sp³-hybridized carbons (Fsp3) is 0.353. The molecule has 144 valence electrons. The molecule has 0 atom stereocenters. The molecular weight excluding hydrogens is 386 g/mol. The first-order valence-corrected chi connectivity index (χ1v) is 8.86. The number of nitrogens with zero attached hydrogens (tertiary/aromatic N) is 1. The number of aryl methyl sites for hydroxylation is 1. The number of hydrogen-bond donors (Lipinski definition) is 2. The first-order chi connectivity index (χ1) is 12.6. The van der Waals surface area contributed by atoms with E-state index in [4.69, 9.17) is 0 Å². The zero-order valence-corrected chi connectivity index (χ0v) is 14.9. The second-order valence-corrected chi connectivity index (χ2v) is 7.41. The number of benzene rings is 1. The predicted molar refractivity (Wildman–Crippen MR) is 90.9 cm³/mol. The van der Waals surface area contributed by atoms with Gasteiger partial charge in [-0.05, 0) is 55.6 Å². The summed E-state index contributed by atoms with van der Waals surface area (Å²) in [6, 6.07) is 4.51. The van der Waals surface area contributed by atoms with Crippen LogP contribution in [0, 0.1) is 12.7 Å². The Morgan fingerprint density at radius 1 is 1.30 bits per heavy atom. The van der Waals surface area contributed by atoms with Gasteiger partial charge in [-0.2, -0.15) is 13.2 Å². The number of H-pyrrole nitrogens is 1. The Balaban J connectivity index is 1.86. The molecule has 0 aliphatic heterocycles. The van der Waals surface area contributed by atoms with Gasteiger partial charge in [0, 0.05) is 6.07 Å². The number of aromatic amines is 1. The molecule has 0 bridgehead atoms. The number of amides is 1. The van der Waals surface area contributed by atoms with Crippen LogP contribution in [0.4, 0.5) is 17.6 Å². The number of hydrogen-bond acceptors (Lipinski definition) is 4. The summed E-state index contributed by atoms with van der Waals surface area (Å²) < 4.78 is 51.5. The highest BCUT2D eigenvalue weighted by molar-refractivity contribution is 8.00. The van der Waals surface area contributed by atoms with Crippen molar-refractivity contribution < 1.29 is 22.4 Å². The highest BCUT2D eigenvalue weighted by Crippen LogP contribution is 2.44. The van der Waals surface area contributed by atoms with Crippen molar-refractivity contribution in [2.45, 2.75) is 42.1 Å². The van der Waals surface area contributed by atoms with E-state index in [-0.39, 0.29) is 11.5 Å². The molecule has 1 heterocycles. The van der Waals surface area contributed by atoms with Gasteiger partial charge < -0.3 is 10.3 Å². The second-order valence-electron chi connectivity index (χ2n) is 6.30. The smallest absolute Gasteiger partial charge is 0.341 e. The van der Waals surface area contributed by atoms with Crippen molar-refractivity contribution in [3.05, 3.63) is 57.5 Å². The molecule has 27 heavy (non-hydrogen) atoms. The Labute approximate surface area is 155 Å². The average Bonchev–Trinajstić information content (AvgIpc) is 2.50. The topological polar surface area (TPSA) is 74.8 Å². The molecule has 2 N–H and O–H groups in total. The summed E-state index contributed by atoms with van der Waals surface area (Å²) in [5.74, 6) is -1.33. The third kappa shape index (κ3) is 4.32. The molecule has 1 fully saturated rings. The SMILES string of the molecule is Cc1nc(C(=O)NC2(c3ccc(SC(F)(F)F)c(F)c3)CCC2)cc(=O)[nH]1. The lowest BCUT2D eigenvalue weighted by molar-refractivity contribution is -0.0329. The summed E-state index contributed by atoms with van der Waals surface area (Å²) >= 11 is -0.524. The molecule has 10 heteroatoms. The van der Waals surface area contributed by atoms with Gasteiger partial charge in [0.2, 0.25) is 0 Å². The van der Waals surface area contributed by atoms with Gasteiger partial charge in [0.05, 0.1) is 10.4 Å². The van der Waals surface area contributed by atoms with Crippen LogP contribution in [0.25, 0.3) is 0 Å².